The molecule has 1 aromatic rings. The van der Waals surface area contributed by atoms with E-state index >= 15 is 0 Å². The number of hydrogen-bond acceptors (Lipinski definition) is 8. The summed E-state index contributed by atoms with van der Waals surface area (Å²) in [6, 6.07) is 1.82. The Morgan fingerprint density at radius 3 is 2.11 bits per heavy atom. The third-order valence-corrected chi connectivity index (χ3v) is 5.06. The van der Waals surface area contributed by atoms with Crippen molar-refractivity contribution in [2.45, 2.75) is 40.0 Å². The summed E-state index contributed by atoms with van der Waals surface area (Å²) in [5.41, 5.74) is -1.23. The number of ether oxygens (including phenoxy) is 2. The minimum absolute atomic E-state index is 0.253. The van der Waals surface area contributed by atoms with E-state index in [-0.39, 0.29) is 13.2 Å². The molecule has 8 nitrogen and oxygen atoms in total. The summed E-state index contributed by atoms with van der Waals surface area (Å²) in [4.78, 5) is 37.8. The number of piperazine rings is 1. The Balaban J connectivity index is 1.76. The second kappa shape index (κ2) is 10.9. The molecule has 1 aliphatic heterocycles. The van der Waals surface area contributed by atoms with Crippen LogP contribution < -0.4 is 4.90 Å². The van der Waals surface area contributed by atoms with Crippen LogP contribution in [0.15, 0.2) is 18.5 Å². The highest BCUT2D eigenvalue weighted by Gasteiger charge is 2.43. The van der Waals surface area contributed by atoms with Crippen molar-refractivity contribution < 1.29 is 19.1 Å². The largest absolute Gasteiger partial charge is 0.465 e. The van der Waals surface area contributed by atoms with E-state index < -0.39 is 17.4 Å². The number of hydrogen-bond donors (Lipinski definition) is 0. The standard InChI is InChI=1S/C20H32N4O4/c1-4-27-17(25)20(3,18(26)28-5-2)9-6-7-12-23-13-15-24(16-14-23)19-21-10-8-11-22-19/h8,10-11H,4-7,9,12-16H2,1-3H3. The molecule has 1 saturated heterocycles. The van der Waals surface area contributed by atoms with E-state index in [4.69, 9.17) is 9.47 Å². The number of nitrogens with zero attached hydrogens (tertiary/aromatic N) is 4. The molecule has 156 valence electrons. The van der Waals surface area contributed by atoms with Crippen LogP contribution in [0, 0.1) is 5.41 Å². The van der Waals surface area contributed by atoms with Gasteiger partial charge in [0, 0.05) is 38.6 Å². The molecule has 0 aromatic carbocycles. The Morgan fingerprint density at radius 2 is 1.57 bits per heavy atom. The number of carbonyl (C=O) groups excluding carboxylic acids is 2. The summed E-state index contributed by atoms with van der Waals surface area (Å²) in [6.07, 6.45) is 5.63. The van der Waals surface area contributed by atoms with E-state index in [2.05, 4.69) is 19.8 Å². The molecule has 0 N–H and O–H groups in total. The molecule has 0 aliphatic carbocycles. The lowest BCUT2D eigenvalue weighted by atomic mass is 9.84. The average Bonchev–Trinajstić information content (AvgIpc) is 2.72. The maximum atomic E-state index is 12.3. The third kappa shape index (κ3) is 5.89. The number of anilines is 1. The number of unbranched alkanes of at least 4 members (excludes halogenated alkanes) is 1. The maximum Gasteiger partial charge on any atom is 0.323 e. The van der Waals surface area contributed by atoms with Crippen LogP contribution in [0.2, 0.25) is 0 Å². The molecule has 8 heteroatoms. The fraction of sp³-hybridized carbons (Fsp3) is 0.700. The van der Waals surface area contributed by atoms with Gasteiger partial charge in [0.15, 0.2) is 5.41 Å². The topological polar surface area (TPSA) is 84.9 Å². The first kappa shape index (κ1) is 22.1. The molecular weight excluding hydrogens is 360 g/mol. The van der Waals surface area contributed by atoms with Crippen LogP contribution in [0.3, 0.4) is 0 Å². The highest BCUT2D eigenvalue weighted by Crippen LogP contribution is 2.28. The zero-order valence-electron chi connectivity index (χ0n) is 17.2. The summed E-state index contributed by atoms with van der Waals surface area (Å²) in [6.45, 7) is 10.2. The lowest BCUT2D eigenvalue weighted by Crippen LogP contribution is -2.47. The highest BCUT2D eigenvalue weighted by molar-refractivity contribution is 5.99. The zero-order chi connectivity index (χ0) is 20.4. The summed E-state index contributed by atoms with van der Waals surface area (Å²) >= 11 is 0. The molecule has 1 aromatic heterocycles. The molecule has 2 heterocycles. The van der Waals surface area contributed by atoms with Crippen LogP contribution in [0.4, 0.5) is 5.95 Å². The molecule has 0 atom stereocenters. The van der Waals surface area contributed by atoms with Gasteiger partial charge in [0.2, 0.25) is 5.95 Å². The Morgan fingerprint density at radius 1 is 1.00 bits per heavy atom. The van der Waals surface area contributed by atoms with Crippen molar-refractivity contribution in [3.05, 3.63) is 18.5 Å². The van der Waals surface area contributed by atoms with E-state index in [1.54, 1.807) is 33.2 Å². The van der Waals surface area contributed by atoms with Crippen molar-refractivity contribution in [1.82, 2.24) is 14.9 Å². The van der Waals surface area contributed by atoms with E-state index in [1.165, 1.54) is 0 Å². The van der Waals surface area contributed by atoms with Gasteiger partial charge in [-0.1, -0.05) is 6.42 Å². The summed E-state index contributed by atoms with van der Waals surface area (Å²) in [7, 11) is 0. The first-order valence-electron chi connectivity index (χ1n) is 10.1. The molecule has 0 bridgehead atoms. The monoisotopic (exact) mass is 392 g/mol. The summed E-state index contributed by atoms with van der Waals surface area (Å²) in [5, 5.41) is 0. The second-order valence-corrected chi connectivity index (χ2v) is 7.11. The van der Waals surface area contributed by atoms with Crippen molar-refractivity contribution in [2.75, 3.05) is 50.8 Å². The van der Waals surface area contributed by atoms with Gasteiger partial charge in [-0.2, -0.15) is 0 Å². The second-order valence-electron chi connectivity index (χ2n) is 7.11. The molecule has 0 saturated carbocycles. The molecule has 0 radical (unpaired) electrons. The first-order chi connectivity index (χ1) is 13.5. The van der Waals surface area contributed by atoms with Crippen LogP contribution in [-0.4, -0.2) is 72.7 Å². The van der Waals surface area contributed by atoms with E-state index in [9.17, 15) is 9.59 Å². The van der Waals surface area contributed by atoms with Crippen molar-refractivity contribution in [3.63, 3.8) is 0 Å². The molecular formula is C20H32N4O4. The predicted molar refractivity (Wildman–Crippen MR) is 106 cm³/mol. The average molecular weight is 393 g/mol. The molecule has 1 fully saturated rings. The van der Waals surface area contributed by atoms with Gasteiger partial charge in [0.1, 0.15) is 0 Å². The molecule has 28 heavy (non-hydrogen) atoms. The number of rotatable bonds is 10. The van der Waals surface area contributed by atoms with Crippen molar-refractivity contribution in [2.24, 2.45) is 5.41 Å². The SMILES string of the molecule is CCOC(=O)C(C)(CCCCN1CCN(c2ncccn2)CC1)C(=O)OCC. The smallest absolute Gasteiger partial charge is 0.323 e. The number of carbonyl (C=O) groups is 2. The van der Waals surface area contributed by atoms with Crippen LogP contribution in [0.1, 0.15) is 40.0 Å². The number of aromatic nitrogens is 2. The van der Waals surface area contributed by atoms with Gasteiger partial charge in [0.25, 0.3) is 0 Å². The fourth-order valence-electron chi connectivity index (χ4n) is 3.31. The minimum atomic E-state index is -1.23. The van der Waals surface area contributed by atoms with Crippen LogP contribution >= 0.6 is 0 Å². The minimum Gasteiger partial charge on any atom is -0.465 e. The molecule has 0 spiro atoms. The van der Waals surface area contributed by atoms with Crippen LogP contribution in [0.5, 0.6) is 0 Å². The molecule has 1 aliphatic rings. The Hall–Kier alpha value is -2.22. The Kier molecular flexibility index (Phi) is 8.63. The van der Waals surface area contributed by atoms with Gasteiger partial charge in [-0.25, -0.2) is 9.97 Å². The molecule has 2 rings (SSSR count). The Labute approximate surface area is 167 Å². The van der Waals surface area contributed by atoms with Gasteiger partial charge in [-0.15, -0.1) is 0 Å². The summed E-state index contributed by atoms with van der Waals surface area (Å²) in [5.74, 6) is -0.211. The Bertz CT molecular complexity index is 600. The van der Waals surface area contributed by atoms with Crippen LogP contribution in [-0.2, 0) is 19.1 Å². The normalized spacial score (nSPS) is 15.3. The van der Waals surface area contributed by atoms with Crippen molar-refractivity contribution in [3.8, 4) is 0 Å². The fourth-order valence-corrected chi connectivity index (χ4v) is 3.31. The van der Waals surface area contributed by atoms with E-state index in [1.807, 2.05) is 6.07 Å². The zero-order valence-corrected chi connectivity index (χ0v) is 17.2. The third-order valence-electron chi connectivity index (χ3n) is 5.06. The molecule has 0 unspecified atom stereocenters. The van der Waals surface area contributed by atoms with Crippen LogP contribution in [0.25, 0.3) is 0 Å². The van der Waals surface area contributed by atoms with Crippen molar-refractivity contribution >= 4 is 17.9 Å². The highest BCUT2D eigenvalue weighted by atomic mass is 16.6. The summed E-state index contributed by atoms with van der Waals surface area (Å²) < 4.78 is 10.2. The lowest BCUT2D eigenvalue weighted by molar-refractivity contribution is -0.171. The van der Waals surface area contributed by atoms with Crippen molar-refractivity contribution in [1.29, 1.82) is 0 Å². The predicted octanol–water partition coefficient (Wildman–Crippen LogP) is 1.90. The van der Waals surface area contributed by atoms with E-state index in [0.29, 0.717) is 6.42 Å². The lowest BCUT2D eigenvalue weighted by Gasteiger charge is -2.34. The first-order valence-corrected chi connectivity index (χ1v) is 10.1. The van der Waals surface area contributed by atoms with E-state index in [0.717, 1.165) is 51.5 Å². The quantitative estimate of drug-likeness (QED) is 0.339. The maximum absolute atomic E-state index is 12.3. The van der Waals surface area contributed by atoms with Gasteiger partial charge < -0.3 is 14.4 Å². The van der Waals surface area contributed by atoms with Gasteiger partial charge in [-0.05, 0) is 46.2 Å². The number of esters is 2. The molecule has 0 amide bonds. The van der Waals surface area contributed by atoms with Gasteiger partial charge in [0.05, 0.1) is 13.2 Å². The van der Waals surface area contributed by atoms with Gasteiger partial charge in [-0.3, -0.25) is 14.5 Å². The van der Waals surface area contributed by atoms with Gasteiger partial charge >= 0.3 is 11.9 Å².